The molecule has 0 amide bonds. The zero-order valence-electron chi connectivity index (χ0n) is 10.7. The Morgan fingerprint density at radius 1 is 1.25 bits per heavy atom. The second-order valence-corrected chi connectivity index (χ2v) is 6.37. The lowest BCUT2D eigenvalue weighted by molar-refractivity contribution is 0.127. The highest BCUT2D eigenvalue weighted by molar-refractivity contribution is 5.00. The Morgan fingerprint density at radius 2 is 2.06 bits per heavy atom. The first-order valence-corrected chi connectivity index (χ1v) is 6.93. The van der Waals surface area contributed by atoms with Crippen molar-refractivity contribution < 1.29 is 9.47 Å². The molecule has 2 aliphatic heterocycles. The van der Waals surface area contributed by atoms with Crippen LogP contribution in [0.25, 0.3) is 0 Å². The Hall–Kier alpha value is -0.0800. The second kappa shape index (κ2) is 3.71. The predicted molar refractivity (Wildman–Crippen MR) is 63.4 cm³/mol. The molecule has 2 saturated heterocycles. The Bertz CT molecular complexity index is 278. The maximum Gasteiger partial charge on any atom is 0.0847 e. The van der Waals surface area contributed by atoms with Crippen LogP contribution in [0.3, 0.4) is 0 Å². The molecule has 0 spiro atoms. The summed E-state index contributed by atoms with van der Waals surface area (Å²) < 4.78 is 11.3. The van der Waals surface area contributed by atoms with Crippen LogP contribution < -0.4 is 0 Å². The van der Waals surface area contributed by atoms with Gasteiger partial charge in [-0.15, -0.1) is 0 Å². The summed E-state index contributed by atoms with van der Waals surface area (Å²) in [6, 6.07) is 0. The van der Waals surface area contributed by atoms with E-state index in [2.05, 4.69) is 20.8 Å². The highest BCUT2D eigenvalue weighted by Crippen LogP contribution is 2.51. The molecule has 3 rings (SSSR count). The molecule has 1 aliphatic carbocycles. The summed E-state index contributed by atoms with van der Waals surface area (Å²) in [5, 5.41) is 0. The van der Waals surface area contributed by atoms with Crippen molar-refractivity contribution in [2.24, 2.45) is 11.3 Å². The van der Waals surface area contributed by atoms with Crippen LogP contribution in [-0.4, -0.2) is 24.4 Å². The quantitative estimate of drug-likeness (QED) is 0.685. The van der Waals surface area contributed by atoms with Crippen LogP contribution in [0.4, 0.5) is 0 Å². The summed E-state index contributed by atoms with van der Waals surface area (Å²) >= 11 is 0. The van der Waals surface area contributed by atoms with Crippen LogP contribution in [0.5, 0.6) is 0 Å². The molecule has 2 heteroatoms. The molecule has 0 bridgehead atoms. The Morgan fingerprint density at radius 3 is 2.69 bits per heavy atom. The first-order chi connectivity index (χ1) is 7.62. The molecule has 6 unspecified atom stereocenters. The Balaban J connectivity index is 1.54. The molecule has 0 aromatic rings. The van der Waals surface area contributed by atoms with Crippen molar-refractivity contribution in [1.29, 1.82) is 0 Å². The van der Waals surface area contributed by atoms with E-state index in [1.54, 1.807) is 0 Å². The molecule has 6 atom stereocenters. The lowest BCUT2D eigenvalue weighted by atomic mass is 9.66. The highest BCUT2D eigenvalue weighted by atomic mass is 16.6. The van der Waals surface area contributed by atoms with Gasteiger partial charge in [0.2, 0.25) is 0 Å². The van der Waals surface area contributed by atoms with Crippen molar-refractivity contribution in [3.63, 3.8) is 0 Å². The zero-order valence-corrected chi connectivity index (χ0v) is 10.7. The fraction of sp³-hybridized carbons (Fsp3) is 1.00. The van der Waals surface area contributed by atoms with Gasteiger partial charge in [-0.3, -0.25) is 0 Å². The molecule has 16 heavy (non-hydrogen) atoms. The van der Waals surface area contributed by atoms with Gasteiger partial charge in [0.25, 0.3) is 0 Å². The van der Waals surface area contributed by atoms with Crippen LogP contribution in [0, 0.1) is 11.3 Å². The van der Waals surface area contributed by atoms with Gasteiger partial charge in [0.15, 0.2) is 0 Å². The molecule has 2 nitrogen and oxygen atoms in total. The van der Waals surface area contributed by atoms with Crippen molar-refractivity contribution in [2.45, 2.75) is 77.3 Å². The van der Waals surface area contributed by atoms with Gasteiger partial charge in [-0.25, -0.2) is 0 Å². The molecule has 0 N–H and O–H groups in total. The smallest absolute Gasteiger partial charge is 0.0847 e. The molecule has 92 valence electrons. The maximum absolute atomic E-state index is 5.68. The predicted octanol–water partition coefficient (Wildman–Crippen LogP) is 3.15. The maximum atomic E-state index is 5.68. The number of hydrogen-bond acceptors (Lipinski definition) is 2. The molecule has 0 aromatic carbocycles. The molecular weight excluding hydrogens is 200 g/mol. The molecule has 0 aromatic heterocycles. The van der Waals surface area contributed by atoms with Crippen LogP contribution in [0.15, 0.2) is 0 Å². The molecule has 0 radical (unpaired) electrons. The van der Waals surface area contributed by atoms with Crippen molar-refractivity contribution in [2.75, 3.05) is 0 Å². The molecule has 2 heterocycles. The van der Waals surface area contributed by atoms with Gasteiger partial charge in [-0.1, -0.05) is 20.8 Å². The minimum Gasteiger partial charge on any atom is -0.370 e. The van der Waals surface area contributed by atoms with Gasteiger partial charge in [-0.2, -0.15) is 0 Å². The van der Waals surface area contributed by atoms with Crippen LogP contribution in [-0.2, 0) is 9.47 Å². The third kappa shape index (κ3) is 1.91. The molecular formula is C14H24O2. The monoisotopic (exact) mass is 224 g/mol. The molecule has 1 saturated carbocycles. The average molecular weight is 224 g/mol. The van der Waals surface area contributed by atoms with Gasteiger partial charge in [0, 0.05) is 0 Å². The third-order valence-electron chi connectivity index (χ3n) is 5.22. The van der Waals surface area contributed by atoms with E-state index in [9.17, 15) is 0 Å². The molecule has 3 fully saturated rings. The summed E-state index contributed by atoms with van der Waals surface area (Å²) in [5.41, 5.74) is 0.502. The first kappa shape index (κ1) is 11.0. The van der Waals surface area contributed by atoms with Crippen molar-refractivity contribution in [3.8, 4) is 0 Å². The van der Waals surface area contributed by atoms with E-state index in [-0.39, 0.29) is 0 Å². The van der Waals surface area contributed by atoms with E-state index in [0.29, 0.717) is 29.8 Å². The zero-order chi connectivity index (χ0) is 11.3. The summed E-state index contributed by atoms with van der Waals surface area (Å²) in [7, 11) is 0. The van der Waals surface area contributed by atoms with Crippen molar-refractivity contribution in [3.05, 3.63) is 0 Å². The van der Waals surface area contributed by atoms with E-state index in [4.69, 9.17) is 9.47 Å². The van der Waals surface area contributed by atoms with E-state index >= 15 is 0 Å². The third-order valence-corrected chi connectivity index (χ3v) is 5.22. The number of ether oxygens (including phenoxy) is 2. The van der Waals surface area contributed by atoms with Crippen LogP contribution in [0.2, 0.25) is 0 Å². The van der Waals surface area contributed by atoms with E-state index in [0.717, 1.165) is 5.92 Å². The topological polar surface area (TPSA) is 25.1 Å². The summed E-state index contributed by atoms with van der Waals surface area (Å²) in [6.45, 7) is 7.09. The lowest BCUT2D eigenvalue weighted by Crippen LogP contribution is -2.32. The van der Waals surface area contributed by atoms with Gasteiger partial charge in [0.05, 0.1) is 24.4 Å². The Labute approximate surface area is 98.7 Å². The first-order valence-electron chi connectivity index (χ1n) is 6.93. The lowest BCUT2D eigenvalue weighted by Gasteiger charge is -2.37. The standard InChI is InChI=1S/C14H24O2/c1-4-10-12(15-10)7-9(2)14(3)6-5-11-13(8-14)16-11/h9-13H,4-8H2,1-3H3. The van der Waals surface area contributed by atoms with Crippen LogP contribution >= 0.6 is 0 Å². The van der Waals surface area contributed by atoms with E-state index in [1.807, 2.05) is 0 Å². The number of rotatable bonds is 4. The number of hydrogen-bond donors (Lipinski definition) is 0. The van der Waals surface area contributed by atoms with E-state index < -0.39 is 0 Å². The van der Waals surface area contributed by atoms with Gasteiger partial charge in [0.1, 0.15) is 0 Å². The fourth-order valence-corrected chi connectivity index (χ4v) is 3.47. The minimum atomic E-state index is 0.502. The largest absolute Gasteiger partial charge is 0.370 e. The highest BCUT2D eigenvalue weighted by Gasteiger charge is 2.51. The van der Waals surface area contributed by atoms with Crippen LogP contribution in [0.1, 0.15) is 52.9 Å². The molecule has 3 aliphatic rings. The fourth-order valence-electron chi connectivity index (χ4n) is 3.47. The number of epoxide rings is 2. The summed E-state index contributed by atoms with van der Waals surface area (Å²) in [5.74, 6) is 0.777. The Kier molecular flexibility index (Phi) is 2.56. The second-order valence-electron chi connectivity index (χ2n) is 6.37. The summed E-state index contributed by atoms with van der Waals surface area (Å²) in [4.78, 5) is 0. The van der Waals surface area contributed by atoms with Crippen molar-refractivity contribution in [1.82, 2.24) is 0 Å². The van der Waals surface area contributed by atoms with E-state index in [1.165, 1.54) is 32.1 Å². The van der Waals surface area contributed by atoms with Gasteiger partial charge < -0.3 is 9.47 Å². The average Bonchev–Trinajstić information content (AvgIpc) is 3.12. The van der Waals surface area contributed by atoms with Gasteiger partial charge >= 0.3 is 0 Å². The van der Waals surface area contributed by atoms with Gasteiger partial charge in [-0.05, 0) is 43.4 Å². The normalized spacial score (nSPS) is 51.9. The SMILES string of the molecule is CCC1OC1CC(C)C1(C)CCC2OC2C1. The minimum absolute atomic E-state index is 0.502. The van der Waals surface area contributed by atoms with Crippen molar-refractivity contribution >= 4 is 0 Å². The number of fused-ring (bicyclic) bond motifs is 1. The summed E-state index contributed by atoms with van der Waals surface area (Å²) in [6.07, 6.45) is 8.71.